The van der Waals surface area contributed by atoms with Crippen molar-refractivity contribution in [1.82, 2.24) is 24.6 Å². The lowest BCUT2D eigenvalue weighted by molar-refractivity contribution is -0.137. The van der Waals surface area contributed by atoms with Gasteiger partial charge in [0.25, 0.3) is 5.91 Å². The molecule has 0 bridgehead atoms. The van der Waals surface area contributed by atoms with E-state index >= 15 is 0 Å². The Morgan fingerprint density at radius 2 is 1.93 bits per heavy atom. The molecule has 0 N–H and O–H groups in total. The Kier molecular flexibility index (Phi) is 4.60. The van der Waals surface area contributed by atoms with Crippen LogP contribution in [0.4, 0.5) is 22.0 Å². The first-order valence-electron chi connectivity index (χ1n) is 8.39. The van der Waals surface area contributed by atoms with E-state index in [1.165, 1.54) is 16.3 Å². The van der Waals surface area contributed by atoms with Crippen LogP contribution in [0.5, 0.6) is 0 Å². The number of hydrogen-bond acceptors (Lipinski definition) is 5. The van der Waals surface area contributed by atoms with Gasteiger partial charge >= 0.3 is 6.18 Å². The van der Waals surface area contributed by atoms with Crippen LogP contribution in [0, 0.1) is 11.6 Å². The smallest absolute Gasteiger partial charge is 0.327 e. The lowest BCUT2D eigenvalue weighted by Crippen LogP contribution is -2.41. The summed E-state index contributed by atoms with van der Waals surface area (Å²) in [5, 5.41) is 8.23. The van der Waals surface area contributed by atoms with E-state index < -0.39 is 34.8 Å². The summed E-state index contributed by atoms with van der Waals surface area (Å²) in [5.74, 6) is -2.16. The van der Waals surface area contributed by atoms with Gasteiger partial charge < -0.3 is 9.47 Å². The predicted molar refractivity (Wildman–Crippen MR) is 91.9 cm³/mol. The third kappa shape index (κ3) is 3.37. The lowest BCUT2D eigenvalue weighted by atomic mass is 10.1. The van der Waals surface area contributed by atoms with E-state index in [1.807, 2.05) is 0 Å². The molecule has 1 aliphatic heterocycles. The fourth-order valence-corrected chi connectivity index (χ4v) is 3.82. The average molecular weight is 429 g/mol. The standard InChI is InChI=1S/C17H12F5N5OS/c1-8-13-24-25-14(12-7-29-16(23-12)17(20,21)22)27(13)5-4-26(8)15(28)9-2-3-10(18)11(19)6-9/h2-3,6-8H,4-5H2,1H3. The molecule has 1 amide bonds. The quantitative estimate of drug-likeness (QED) is 0.580. The van der Waals surface area contributed by atoms with Crippen molar-refractivity contribution in [1.29, 1.82) is 0 Å². The number of amides is 1. The van der Waals surface area contributed by atoms with Gasteiger partial charge in [0, 0.05) is 24.0 Å². The van der Waals surface area contributed by atoms with Crippen LogP contribution in [0.3, 0.4) is 0 Å². The van der Waals surface area contributed by atoms with Gasteiger partial charge in [0.1, 0.15) is 5.69 Å². The molecule has 0 aliphatic carbocycles. The largest absolute Gasteiger partial charge is 0.443 e. The second kappa shape index (κ2) is 6.87. The van der Waals surface area contributed by atoms with Gasteiger partial charge in [-0.3, -0.25) is 4.79 Å². The van der Waals surface area contributed by atoms with Gasteiger partial charge in [-0.2, -0.15) is 13.2 Å². The van der Waals surface area contributed by atoms with Crippen molar-refractivity contribution in [3.8, 4) is 11.5 Å². The molecule has 3 aromatic rings. The third-order valence-electron chi connectivity index (χ3n) is 4.59. The third-order valence-corrected chi connectivity index (χ3v) is 5.48. The van der Waals surface area contributed by atoms with Crippen LogP contribution in [0.25, 0.3) is 11.5 Å². The van der Waals surface area contributed by atoms with Gasteiger partial charge in [-0.1, -0.05) is 0 Å². The minimum absolute atomic E-state index is 0.0155. The van der Waals surface area contributed by atoms with Gasteiger partial charge in [0.15, 0.2) is 28.3 Å². The minimum atomic E-state index is -4.55. The van der Waals surface area contributed by atoms with Crippen molar-refractivity contribution in [2.24, 2.45) is 0 Å². The van der Waals surface area contributed by atoms with Crippen molar-refractivity contribution in [3.05, 3.63) is 51.6 Å². The first-order chi connectivity index (χ1) is 13.7. The molecule has 1 atom stereocenters. The van der Waals surface area contributed by atoms with Crippen LogP contribution in [0.15, 0.2) is 23.6 Å². The fraction of sp³-hybridized carbons (Fsp3) is 0.294. The molecule has 152 valence electrons. The minimum Gasteiger partial charge on any atom is -0.327 e. The SMILES string of the molecule is CC1c2nnc(-c3csc(C(F)(F)F)n3)n2CCN1C(=O)c1ccc(F)c(F)c1. The van der Waals surface area contributed by atoms with Crippen LogP contribution in [-0.2, 0) is 12.7 Å². The number of carbonyl (C=O) groups is 1. The highest BCUT2D eigenvalue weighted by molar-refractivity contribution is 7.10. The Morgan fingerprint density at radius 1 is 1.17 bits per heavy atom. The second-order valence-electron chi connectivity index (χ2n) is 6.37. The summed E-state index contributed by atoms with van der Waals surface area (Å²) < 4.78 is 66.6. The molecule has 2 aromatic heterocycles. The Morgan fingerprint density at radius 3 is 2.59 bits per heavy atom. The molecule has 29 heavy (non-hydrogen) atoms. The Bertz CT molecular complexity index is 1090. The van der Waals surface area contributed by atoms with E-state index in [2.05, 4.69) is 15.2 Å². The monoisotopic (exact) mass is 429 g/mol. The van der Waals surface area contributed by atoms with Crippen LogP contribution in [-0.4, -0.2) is 37.1 Å². The number of nitrogens with zero attached hydrogens (tertiary/aromatic N) is 5. The molecule has 0 saturated heterocycles. The normalized spacial score (nSPS) is 16.8. The summed E-state index contributed by atoms with van der Waals surface area (Å²) in [6.45, 7) is 2.08. The maximum atomic E-state index is 13.5. The molecule has 6 nitrogen and oxygen atoms in total. The topological polar surface area (TPSA) is 63.9 Å². The highest BCUT2D eigenvalue weighted by Crippen LogP contribution is 2.35. The van der Waals surface area contributed by atoms with Crippen LogP contribution in [0.2, 0.25) is 0 Å². The highest BCUT2D eigenvalue weighted by atomic mass is 32.1. The molecule has 1 aromatic carbocycles. The van der Waals surface area contributed by atoms with Crippen molar-refractivity contribution < 1.29 is 26.7 Å². The molecule has 1 aliphatic rings. The van der Waals surface area contributed by atoms with E-state index in [9.17, 15) is 26.7 Å². The number of benzene rings is 1. The number of alkyl halides is 3. The van der Waals surface area contributed by atoms with Crippen LogP contribution in [0.1, 0.15) is 34.2 Å². The molecular formula is C17H12F5N5OS. The first kappa shape index (κ1) is 19.4. The van der Waals surface area contributed by atoms with Gasteiger partial charge in [0.2, 0.25) is 0 Å². The summed E-state index contributed by atoms with van der Waals surface area (Å²) in [4.78, 5) is 17.7. The number of carbonyl (C=O) groups excluding carboxylic acids is 1. The Balaban J connectivity index is 1.62. The summed E-state index contributed by atoms with van der Waals surface area (Å²) in [5.41, 5.74) is 0.0342. The summed E-state index contributed by atoms with van der Waals surface area (Å²) in [6, 6.07) is 2.30. The van der Waals surface area contributed by atoms with Crippen molar-refractivity contribution in [3.63, 3.8) is 0 Å². The number of rotatable bonds is 2. The number of aromatic nitrogens is 4. The van der Waals surface area contributed by atoms with E-state index in [-0.39, 0.29) is 30.2 Å². The van der Waals surface area contributed by atoms with E-state index in [1.54, 1.807) is 11.5 Å². The molecule has 0 spiro atoms. The molecule has 3 heterocycles. The van der Waals surface area contributed by atoms with E-state index in [0.29, 0.717) is 17.2 Å². The van der Waals surface area contributed by atoms with Crippen molar-refractivity contribution in [2.45, 2.75) is 25.7 Å². The number of fused-ring (bicyclic) bond motifs is 1. The molecular weight excluding hydrogens is 417 g/mol. The molecule has 12 heteroatoms. The zero-order valence-electron chi connectivity index (χ0n) is 14.7. The van der Waals surface area contributed by atoms with Gasteiger partial charge in [-0.15, -0.1) is 21.5 Å². The highest BCUT2D eigenvalue weighted by Gasteiger charge is 2.36. The van der Waals surface area contributed by atoms with E-state index in [0.717, 1.165) is 12.1 Å². The Labute approximate surface area is 164 Å². The summed E-state index contributed by atoms with van der Waals surface area (Å²) in [7, 11) is 0. The van der Waals surface area contributed by atoms with Gasteiger partial charge in [-0.05, 0) is 25.1 Å². The van der Waals surface area contributed by atoms with Crippen LogP contribution >= 0.6 is 11.3 Å². The van der Waals surface area contributed by atoms with Crippen molar-refractivity contribution >= 4 is 17.2 Å². The first-order valence-corrected chi connectivity index (χ1v) is 9.27. The lowest BCUT2D eigenvalue weighted by Gasteiger charge is -2.33. The molecule has 0 saturated carbocycles. The van der Waals surface area contributed by atoms with E-state index in [4.69, 9.17) is 0 Å². The molecule has 1 unspecified atom stereocenters. The summed E-state index contributed by atoms with van der Waals surface area (Å²) >= 11 is 0.463. The predicted octanol–water partition coefficient (Wildman–Crippen LogP) is 3.92. The zero-order chi connectivity index (χ0) is 20.9. The van der Waals surface area contributed by atoms with Gasteiger partial charge in [-0.25, -0.2) is 13.8 Å². The number of halogens is 5. The fourth-order valence-electron chi connectivity index (χ4n) is 3.15. The van der Waals surface area contributed by atoms with Crippen molar-refractivity contribution in [2.75, 3.05) is 6.54 Å². The molecule has 0 radical (unpaired) electrons. The average Bonchev–Trinajstić information content (AvgIpc) is 3.30. The zero-order valence-corrected chi connectivity index (χ0v) is 15.6. The van der Waals surface area contributed by atoms with Crippen LogP contribution < -0.4 is 0 Å². The molecule has 0 fully saturated rings. The molecule has 4 rings (SSSR count). The van der Waals surface area contributed by atoms with Gasteiger partial charge in [0.05, 0.1) is 6.04 Å². The number of thiazole rings is 1. The summed E-state index contributed by atoms with van der Waals surface area (Å²) in [6.07, 6.45) is -4.55. The maximum Gasteiger partial charge on any atom is 0.443 e. The number of hydrogen-bond donors (Lipinski definition) is 0. The Hall–Kier alpha value is -2.89. The maximum absolute atomic E-state index is 13.5. The second-order valence-corrected chi connectivity index (χ2v) is 7.23.